The van der Waals surface area contributed by atoms with Gasteiger partial charge in [-0.15, -0.1) is 0 Å². The van der Waals surface area contributed by atoms with Crippen LogP contribution in [-0.4, -0.2) is 41.4 Å². The monoisotopic (exact) mass is 411 g/mol. The first-order valence-electron chi connectivity index (χ1n) is 9.03. The fourth-order valence-corrected chi connectivity index (χ4v) is 3.54. The maximum absolute atomic E-state index is 12.9. The van der Waals surface area contributed by atoms with Crippen LogP contribution >= 0.6 is 11.6 Å². The average Bonchev–Trinajstić information content (AvgIpc) is 3.19. The summed E-state index contributed by atoms with van der Waals surface area (Å²) in [4.78, 5) is 39.2. The first-order valence-corrected chi connectivity index (χ1v) is 9.41. The molecule has 3 amide bonds. The van der Waals surface area contributed by atoms with Crippen molar-refractivity contribution in [3.63, 3.8) is 0 Å². The van der Waals surface area contributed by atoms with Gasteiger partial charge in [0.2, 0.25) is 5.91 Å². The number of aryl methyl sites for hydroxylation is 2. The van der Waals surface area contributed by atoms with Crippen LogP contribution in [0.25, 0.3) is 0 Å². The summed E-state index contributed by atoms with van der Waals surface area (Å²) in [6.45, 7) is 3.55. The molecule has 9 heteroatoms. The van der Waals surface area contributed by atoms with Crippen molar-refractivity contribution in [3.05, 3.63) is 58.6 Å². The van der Waals surface area contributed by atoms with Crippen molar-refractivity contribution in [2.24, 2.45) is 10.3 Å². The van der Waals surface area contributed by atoms with E-state index in [0.717, 1.165) is 16.0 Å². The molecule has 2 aliphatic heterocycles. The largest absolute Gasteiger partial charge is 0.324 e. The Kier molecular flexibility index (Phi) is 4.79. The summed E-state index contributed by atoms with van der Waals surface area (Å²) in [5.41, 5.74) is 2.92. The fraction of sp³-hybridized carbons (Fsp3) is 0.250. The van der Waals surface area contributed by atoms with Crippen LogP contribution in [0.1, 0.15) is 11.1 Å². The molecular formula is C20H18ClN5O3. The maximum Gasteiger partial charge on any atom is 0.263 e. The minimum absolute atomic E-state index is 0.211. The van der Waals surface area contributed by atoms with Crippen molar-refractivity contribution < 1.29 is 14.4 Å². The lowest BCUT2D eigenvalue weighted by Crippen LogP contribution is -2.43. The van der Waals surface area contributed by atoms with Gasteiger partial charge in [-0.25, -0.2) is 4.90 Å². The van der Waals surface area contributed by atoms with E-state index in [1.807, 2.05) is 26.0 Å². The molecule has 2 atom stereocenters. The lowest BCUT2D eigenvalue weighted by atomic mass is 10.1. The highest BCUT2D eigenvalue weighted by molar-refractivity contribution is 6.31. The number of anilines is 2. The Labute approximate surface area is 172 Å². The van der Waals surface area contributed by atoms with Gasteiger partial charge in [-0.05, 0) is 43.7 Å². The molecule has 0 aliphatic carbocycles. The summed E-state index contributed by atoms with van der Waals surface area (Å²) < 4.78 is 0. The van der Waals surface area contributed by atoms with E-state index in [0.29, 0.717) is 16.4 Å². The number of benzene rings is 2. The lowest BCUT2D eigenvalue weighted by molar-refractivity contribution is -0.123. The molecule has 29 heavy (non-hydrogen) atoms. The molecule has 2 aliphatic rings. The summed E-state index contributed by atoms with van der Waals surface area (Å²) >= 11 is 5.98. The Balaban J connectivity index is 1.49. The quantitative estimate of drug-likeness (QED) is 0.782. The van der Waals surface area contributed by atoms with E-state index in [2.05, 4.69) is 15.7 Å². The Hall–Kier alpha value is -3.26. The normalized spacial score (nSPS) is 20.4. The minimum atomic E-state index is -0.940. The van der Waals surface area contributed by atoms with Crippen molar-refractivity contribution in [2.45, 2.75) is 25.9 Å². The van der Waals surface area contributed by atoms with E-state index in [1.54, 1.807) is 30.3 Å². The molecule has 8 nitrogen and oxygen atoms in total. The Morgan fingerprint density at radius 2 is 1.83 bits per heavy atom. The van der Waals surface area contributed by atoms with E-state index in [9.17, 15) is 14.4 Å². The van der Waals surface area contributed by atoms with Gasteiger partial charge in [0.05, 0.1) is 5.69 Å². The number of hydrogen-bond acceptors (Lipinski definition) is 6. The molecule has 0 saturated carbocycles. The fourth-order valence-electron chi connectivity index (χ4n) is 3.37. The third-order valence-corrected chi connectivity index (χ3v) is 5.16. The van der Waals surface area contributed by atoms with E-state index in [-0.39, 0.29) is 12.5 Å². The van der Waals surface area contributed by atoms with Crippen LogP contribution in [0.15, 0.2) is 52.8 Å². The molecule has 0 aromatic heterocycles. The summed E-state index contributed by atoms with van der Waals surface area (Å²) in [6.07, 6.45) is 0. The van der Waals surface area contributed by atoms with E-state index in [4.69, 9.17) is 11.6 Å². The predicted molar refractivity (Wildman–Crippen MR) is 108 cm³/mol. The average molecular weight is 412 g/mol. The standard InChI is InChI=1S/C20H18ClN5O3/c1-11-3-7-14(8-4-11)26-19(28)17-18(20(26)29)25(24-23-17)10-16(27)22-15-9-13(21)6-5-12(15)2/h3-9,17-18H,10H2,1-2H3,(H,22,27)/t17-,18+/m0/s1. The number of carbonyl (C=O) groups is 3. The second-order valence-corrected chi connectivity index (χ2v) is 7.48. The number of amides is 3. The summed E-state index contributed by atoms with van der Waals surface area (Å²) in [5, 5.41) is 12.3. The van der Waals surface area contributed by atoms with Gasteiger partial charge >= 0.3 is 0 Å². The number of imide groups is 1. The molecule has 0 bridgehead atoms. The van der Waals surface area contributed by atoms with Crippen LogP contribution in [0.3, 0.4) is 0 Å². The molecule has 0 spiro atoms. The molecule has 1 saturated heterocycles. The van der Waals surface area contributed by atoms with E-state index in [1.165, 1.54) is 5.01 Å². The molecule has 2 aromatic carbocycles. The van der Waals surface area contributed by atoms with Gasteiger partial charge in [0.25, 0.3) is 11.8 Å². The van der Waals surface area contributed by atoms with Crippen LogP contribution < -0.4 is 10.2 Å². The zero-order valence-electron chi connectivity index (χ0n) is 15.8. The molecule has 1 N–H and O–H groups in total. The van der Waals surface area contributed by atoms with Crippen LogP contribution in [0.2, 0.25) is 5.02 Å². The second-order valence-electron chi connectivity index (χ2n) is 7.05. The van der Waals surface area contributed by atoms with Gasteiger partial charge in [-0.1, -0.05) is 40.6 Å². The van der Waals surface area contributed by atoms with E-state index >= 15 is 0 Å². The summed E-state index contributed by atoms with van der Waals surface area (Å²) in [5.74, 6) is -1.27. The Morgan fingerprint density at radius 1 is 1.10 bits per heavy atom. The summed E-state index contributed by atoms with van der Waals surface area (Å²) in [7, 11) is 0. The number of nitrogens with one attached hydrogen (secondary N) is 1. The summed E-state index contributed by atoms with van der Waals surface area (Å²) in [6, 6.07) is 10.4. The van der Waals surface area contributed by atoms with Crippen LogP contribution in [-0.2, 0) is 14.4 Å². The topological polar surface area (TPSA) is 94.4 Å². The van der Waals surface area contributed by atoms with Gasteiger partial charge in [0, 0.05) is 10.7 Å². The molecule has 2 heterocycles. The first kappa shape index (κ1) is 19.1. The molecule has 0 radical (unpaired) electrons. The molecule has 2 aromatic rings. The molecule has 4 rings (SSSR count). The van der Waals surface area contributed by atoms with Gasteiger partial charge in [0.15, 0.2) is 12.1 Å². The van der Waals surface area contributed by atoms with Crippen LogP contribution in [0, 0.1) is 13.8 Å². The highest BCUT2D eigenvalue weighted by atomic mass is 35.5. The smallest absolute Gasteiger partial charge is 0.263 e. The SMILES string of the molecule is Cc1ccc(N2C(=O)[C@H]3N=NN(CC(=O)Nc4cc(Cl)ccc4C)[C@H]3C2=O)cc1. The second kappa shape index (κ2) is 7.29. The van der Waals surface area contributed by atoms with Gasteiger partial charge in [-0.3, -0.25) is 19.4 Å². The molecule has 1 fully saturated rings. The van der Waals surface area contributed by atoms with Crippen molar-refractivity contribution >= 4 is 40.7 Å². The van der Waals surface area contributed by atoms with Crippen LogP contribution in [0.5, 0.6) is 0 Å². The zero-order valence-corrected chi connectivity index (χ0v) is 16.6. The van der Waals surface area contributed by atoms with Crippen LogP contribution in [0.4, 0.5) is 11.4 Å². The third kappa shape index (κ3) is 3.47. The molecular weight excluding hydrogens is 394 g/mol. The predicted octanol–water partition coefficient (Wildman–Crippen LogP) is 2.89. The van der Waals surface area contributed by atoms with Gasteiger partial charge in [-0.2, -0.15) is 5.11 Å². The van der Waals surface area contributed by atoms with Crippen molar-refractivity contribution in [2.75, 3.05) is 16.8 Å². The molecule has 148 valence electrons. The number of halogens is 1. The zero-order chi connectivity index (χ0) is 20.7. The lowest BCUT2D eigenvalue weighted by Gasteiger charge is -2.20. The van der Waals surface area contributed by atoms with Crippen molar-refractivity contribution in [1.29, 1.82) is 0 Å². The highest BCUT2D eigenvalue weighted by Gasteiger charge is 2.55. The number of rotatable bonds is 4. The first-order chi connectivity index (χ1) is 13.8. The van der Waals surface area contributed by atoms with Crippen molar-refractivity contribution in [1.82, 2.24) is 5.01 Å². The molecule has 0 unspecified atom stereocenters. The number of fused-ring (bicyclic) bond motifs is 1. The maximum atomic E-state index is 12.9. The van der Waals surface area contributed by atoms with Gasteiger partial charge < -0.3 is 5.32 Å². The highest BCUT2D eigenvalue weighted by Crippen LogP contribution is 2.32. The third-order valence-electron chi connectivity index (χ3n) is 4.93. The minimum Gasteiger partial charge on any atom is -0.324 e. The van der Waals surface area contributed by atoms with Crippen molar-refractivity contribution in [3.8, 4) is 0 Å². The van der Waals surface area contributed by atoms with Gasteiger partial charge in [0.1, 0.15) is 6.54 Å². The number of hydrogen-bond donors (Lipinski definition) is 1. The Bertz CT molecular complexity index is 1040. The van der Waals surface area contributed by atoms with E-state index < -0.39 is 23.9 Å². The Morgan fingerprint density at radius 3 is 2.55 bits per heavy atom. The number of nitrogens with zero attached hydrogens (tertiary/aromatic N) is 4. The number of carbonyl (C=O) groups excluding carboxylic acids is 3.